The van der Waals surface area contributed by atoms with Crippen LogP contribution in [0.3, 0.4) is 0 Å². The Hall–Kier alpha value is -2.42. The molecule has 0 aliphatic carbocycles. The van der Waals surface area contributed by atoms with Gasteiger partial charge in [0.25, 0.3) is 0 Å². The average Bonchev–Trinajstić information content (AvgIpc) is 3.38. The molecule has 4 aromatic rings. The highest BCUT2D eigenvalue weighted by atomic mass is 35.5. The summed E-state index contributed by atoms with van der Waals surface area (Å²) in [5, 5.41) is 10.5. The number of hydrogen-bond donors (Lipinski definition) is 0. The van der Waals surface area contributed by atoms with E-state index in [0.29, 0.717) is 5.15 Å². The van der Waals surface area contributed by atoms with Crippen LogP contribution in [0.1, 0.15) is 17.7 Å². The van der Waals surface area contributed by atoms with Crippen molar-refractivity contribution in [3.63, 3.8) is 0 Å². The molecule has 9 heteroatoms. The van der Waals surface area contributed by atoms with Crippen molar-refractivity contribution in [3.05, 3.63) is 46.8 Å². The molecule has 7 nitrogen and oxygen atoms in total. The highest BCUT2D eigenvalue weighted by molar-refractivity contribution is 7.22. The van der Waals surface area contributed by atoms with Gasteiger partial charge < -0.3 is 9.42 Å². The predicted octanol–water partition coefficient (Wildman–Crippen LogP) is 4.36. The zero-order chi connectivity index (χ0) is 20.7. The van der Waals surface area contributed by atoms with Crippen LogP contribution in [-0.4, -0.2) is 51.0 Å². The van der Waals surface area contributed by atoms with Gasteiger partial charge in [-0.3, -0.25) is 9.58 Å². The molecule has 1 fully saturated rings. The van der Waals surface area contributed by atoms with Crippen molar-refractivity contribution in [1.29, 1.82) is 0 Å². The minimum absolute atomic E-state index is 0.651. The molecule has 4 heterocycles. The van der Waals surface area contributed by atoms with Gasteiger partial charge in [0.2, 0.25) is 0 Å². The van der Waals surface area contributed by atoms with E-state index in [0.717, 1.165) is 72.5 Å². The summed E-state index contributed by atoms with van der Waals surface area (Å²) < 4.78 is 8.20. The molecule has 0 amide bonds. The summed E-state index contributed by atoms with van der Waals surface area (Å²) in [5.41, 5.74) is 3.61. The molecule has 1 saturated heterocycles. The van der Waals surface area contributed by atoms with Crippen molar-refractivity contribution in [1.82, 2.24) is 24.8 Å². The largest absolute Gasteiger partial charge is 0.361 e. The number of benzene rings is 1. The molecule has 3 aromatic heterocycles. The fourth-order valence-electron chi connectivity index (χ4n) is 3.91. The molecule has 0 N–H and O–H groups in total. The molecule has 1 aliphatic rings. The second-order valence-electron chi connectivity index (χ2n) is 7.65. The summed E-state index contributed by atoms with van der Waals surface area (Å²) in [4.78, 5) is 9.67. The number of rotatable bonds is 4. The van der Waals surface area contributed by atoms with E-state index in [-0.39, 0.29) is 0 Å². The Kier molecular flexibility index (Phi) is 5.22. The van der Waals surface area contributed by atoms with Crippen LogP contribution in [0.15, 0.2) is 34.9 Å². The molecule has 0 spiro atoms. The van der Waals surface area contributed by atoms with E-state index in [1.54, 1.807) is 16.0 Å². The van der Waals surface area contributed by atoms with E-state index in [2.05, 4.69) is 38.3 Å². The van der Waals surface area contributed by atoms with Crippen LogP contribution in [0.5, 0.6) is 0 Å². The Labute approximate surface area is 183 Å². The Bertz CT molecular complexity index is 1150. The first-order valence-corrected chi connectivity index (χ1v) is 11.3. The van der Waals surface area contributed by atoms with Crippen LogP contribution in [0.4, 0.5) is 5.13 Å². The summed E-state index contributed by atoms with van der Waals surface area (Å²) in [6.45, 7) is 6.51. The van der Waals surface area contributed by atoms with Gasteiger partial charge in [-0.15, -0.1) is 0 Å². The first-order chi connectivity index (χ1) is 14.6. The molecule has 1 aromatic carbocycles. The fraction of sp³-hybridized carbons (Fsp3) is 0.381. The normalized spacial score (nSPS) is 15.8. The zero-order valence-corrected chi connectivity index (χ0v) is 18.6. The van der Waals surface area contributed by atoms with E-state index in [1.165, 1.54) is 4.70 Å². The smallest absolute Gasteiger partial charge is 0.186 e. The summed E-state index contributed by atoms with van der Waals surface area (Å²) in [7, 11) is 1.86. The van der Waals surface area contributed by atoms with Gasteiger partial charge in [0.1, 0.15) is 22.3 Å². The predicted molar refractivity (Wildman–Crippen MR) is 120 cm³/mol. The number of aryl methyl sites for hydroxylation is 2. The summed E-state index contributed by atoms with van der Waals surface area (Å²) in [5.74, 6) is 0.763. The lowest BCUT2D eigenvalue weighted by Crippen LogP contribution is -2.30. The van der Waals surface area contributed by atoms with E-state index in [1.807, 2.05) is 26.1 Å². The van der Waals surface area contributed by atoms with Gasteiger partial charge in [-0.25, -0.2) is 4.98 Å². The van der Waals surface area contributed by atoms with Gasteiger partial charge in [-0.2, -0.15) is 5.10 Å². The molecule has 5 rings (SSSR count). The number of para-hydroxylation sites is 1. The highest BCUT2D eigenvalue weighted by Crippen LogP contribution is 2.31. The Morgan fingerprint density at radius 3 is 2.83 bits per heavy atom. The number of aromatic nitrogens is 4. The van der Waals surface area contributed by atoms with Crippen LogP contribution in [0.2, 0.25) is 5.15 Å². The van der Waals surface area contributed by atoms with Crippen LogP contribution < -0.4 is 4.90 Å². The van der Waals surface area contributed by atoms with E-state index in [4.69, 9.17) is 21.1 Å². The van der Waals surface area contributed by atoms with Gasteiger partial charge in [0.15, 0.2) is 5.13 Å². The maximum atomic E-state index is 6.60. The van der Waals surface area contributed by atoms with Gasteiger partial charge in [-0.1, -0.05) is 40.2 Å². The van der Waals surface area contributed by atoms with Crippen molar-refractivity contribution < 1.29 is 4.52 Å². The van der Waals surface area contributed by atoms with Gasteiger partial charge in [-0.05, 0) is 25.5 Å². The highest BCUT2D eigenvalue weighted by Gasteiger charge is 2.23. The maximum Gasteiger partial charge on any atom is 0.186 e. The molecular formula is C21H23ClN6OS. The minimum Gasteiger partial charge on any atom is -0.361 e. The molecule has 0 bridgehead atoms. The van der Waals surface area contributed by atoms with Crippen LogP contribution in [0, 0.1) is 6.92 Å². The van der Waals surface area contributed by atoms with Crippen LogP contribution >= 0.6 is 22.9 Å². The van der Waals surface area contributed by atoms with Gasteiger partial charge in [0.05, 0.1) is 10.2 Å². The Morgan fingerprint density at radius 1 is 1.17 bits per heavy atom. The Balaban J connectivity index is 1.33. The third kappa shape index (κ3) is 3.71. The lowest BCUT2D eigenvalue weighted by molar-refractivity contribution is 0.285. The number of nitrogens with zero attached hydrogens (tertiary/aromatic N) is 6. The minimum atomic E-state index is 0.651. The number of anilines is 1. The quantitative estimate of drug-likeness (QED) is 0.468. The van der Waals surface area contributed by atoms with Crippen molar-refractivity contribution in [3.8, 4) is 11.4 Å². The standard InChI is InChI=1S/C21H23ClN6OS/c1-14-12-17(25-29-14)19-15(20(22)26(2)24-19)13-27-8-5-9-28(11-10-27)21-23-16-6-3-4-7-18(16)30-21/h3-4,6-7,12H,5,8-11,13H2,1-2H3. The SMILES string of the molecule is Cc1cc(-c2nn(C)c(Cl)c2CN2CCCN(c3nc4ccccc4s3)CC2)no1. The average molecular weight is 443 g/mol. The number of halogens is 1. The monoisotopic (exact) mass is 442 g/mol. The van der Waals surface area contributed by atoms with Crippen LogP contribution in [-0.2, 0) is 13.6 Å². The van der Waals surface area contributed by atoms with Crippen molar-refractivity contribution in [2.24, 2.45) is 7.05 Å². The fourth-order valence-corrected chi connectivity index (χ4v) is 5.11. The van der Waals surface area contributed by atoms with Crippen molar-refractivity contribution in [2.45, 2.75) is 19.9 Å². The van der Waals surface area contributed by atoms with Crippen molar-refractivity contribution >= 4 is 38.3 Å². The Morgan fingerprint density at radius 2 is 2.03 bits per heavy atom. The zero-order valence-electron chi connectivity index (χ0n) is 17.0. The third-order valence-corrected chi connectivity index (χ3v) is 7.03. The molecule has 1 aliphatic heterocycles. The molecule has 0 atom stereocenters. The second-order valence-corrected chi connectivity index (χ2v) is 9.01. The van der Waals surface area contributed by atoms with E-state index >= 15 is 0 Å². The molecule has 0 saturated carbocycles. The maximum absolute atomic E-state index is 6.60. The van der Waals surface area contributed by atoms with E-state index in [9.17, 15) is 0 Å². The van der Waals surface area contributed by atoms with E-state index < -0.39 is 0 Å². The molecule has 0 radical (unpaired) electrons. The summed E-state index contributed by atoms with van der Waals surface area (Å²) >= 11 is 8.37. The first kappa shape index (κ1) is 19.5. The molecule has 156 valence electrons. The molecule has 0 unspecified atom stereocenters. The van der Waals surface area contributed by atoms with Crippen molar-refractivity contribution in [2.75, 3.05) is 31.1 Å². The lowest BCUT2D eigenvalue weighted by atomic mass is 10.1. The van der Waals surface area contributed by atoms with Gasteiger partial charge in [0, 0.05) is 51.4 Å². The molecule has 30 heavy (non-hydrogen) atoms. The van der Waals surface area contributed by atoms with Crippen LogP contribution in [0.25, 0.3) is 21.6 Å². The lowest BCUT2D eigenvalue weighted by Gasteiger charge is -2.21. The number of hydrogen-bond acceptors (Lipinski definition) is 7. The number of fused-ring (bicyclic) bond motifs is 1. The first-order valence-electron chi connectivity index (χ1n) is 10.1. The second kappa shape index (κ2) is 8.02. The summed E-state index contributed by atoms with van der Waals surface area (Å²) in [6, 6.07) is 10.2. The molecular weight excluding hydrogens is 420 g/mol. The topological polar surface area (TPSA) is 63.2 Å². The summed E-state index contributed by atoms with van der Waals surface area (Å²) in [6.07, 6.45) is 1.08. The number of thiazole rings is 1. The third-order valence-electron chi connectivity index (χ3n) is 5.46. The van der Waals surface area contributed by atoms with Gasteiger partial charge >= 0.3 is 0 Å².